The van der Waals surface area contributed by atoms with Crippen LogP contribution in [0.3, 0.4) is 0 Å². The first-order valence-electron chi connectivity index (χ1n) is 15.2. The lowest BCUT2D eigenvalue weighted by molar-refractivity contribution is -0.150. The smallest absolute Gasteiger partial charge is 0.326 e. The van der Waals surface area contributed by atoms with Gasteiger partial charge in [0.25, 0.3) is 0 Å². The van der Waals surface area contributed by atoms with Crippen LogP contribution < -0.4 is 11.1 Å². The average molecular weight is 537 g/mol. The number of esters is 1. The molecule has 0 aromatic rings. The Kier molecular flexibility index (Phi) is 25.0. The minimum absolute atomic E-state index is 0.0578. The maximum atomic E-state index is 12.3. The highest BCUT2D eigenvalue weighted by atomic mass is 16.5. The highest BCUT2D eigenvalue weighted by molar-refractivity contribution is 5.83. The van der Waals surface area contributed by atoms with Gasteiger partial charge in [0.1, 0.15) is 12.1 Å². The van der Waals surface area contributed by atoms with Crippen LogP contribution in [0.25, 0.3) is 0 Å². The fourth-order valence-corrected chi connectivity index (χ4v) is 4.24. The fourth-order valence-electron chi connectivity index (χ4n) is 4.24. The fraction of sp³-hybridized carbons (Fsp3) is 0.774. The third-order valence-electron chi connectivity index (χ3n) is 6.48. The van der Waals surface area contributed by atoms with Crippen molar-refractivity contribution in [1.29, 1.82) is 0 Å². The molecule has 0 rings (SSSR count). The molecule has 0 spiro atoms. The van der Waals surface area contributed by atoms with Crippen molar-refractivity contribution in [3.8, 4) is 0 Å². The van der Waals surface area contributed by atoms with Gasteiger partial charge in [0.05, 0.1) is 0 Å². The molecule has 0 aromatic heterocycles. The Morgan fingerprint density at radius 3 is 2.11 bits per heavy atom. The number of unbranched alkanes of at least 4 members (excludes halogenated alkanes) is 8. The summed E-state index contributed by atoms with van der Waals surface area (Å²) in [5.74, 6) is -1.36. The lowest BCUT2D eigenvalue weighted by Crippen LogP contribution is -2.40. The molecule has 0 aromatic carbocycles. The predicted molar refractivity (Wildman–Crippen MR) is 156 cm³/mol. The minimum atomic E-state index is -1.02. The summed E-state index contributed by atoms with van der Waals surface area (Å²) in [6.45, 7) is 4.68. The van der Waals surface area contributed by atoms with Crippen molar-refractivity contribution in [2.24, 2.45) is 5.73 Å². The van der Waals surface area contributed by atoms with Crippen LogP contribution >= 0.6 is 0 Å². The first-order valence-corrected chi connectivity index (χ1v) is 15.2. The average Bonchev–Trinajstić information content (AvgIpc) is 2.88. The molecule has 0 fully saturated rings. The van der Waals surface area contributed by atoms with Gasteiger partial charge >= 0.3 is 11.9 Å². The Hall–Kier alpha value is -2.15. The van der Waals surface area contributed by atoms with Gasteiger partial charge in [0, 0.05) is 12.8 Å². The summed E-state index contributed by atoms with van der Waals surface area (Å²) in [7, 11) is 0. The Balaban J connectivity index is 3.91. The van der Waals surface area contributed by atoms with Crippen LogP contribution in [0.4, 0.5) is 0 Å². The van der Waals surface area contributed by atoms with Crippen molar-refractivity contribution in [2.75, 3.05) is 6.54 Å². The number of carbonyl (C=O) groups excluding carboxylic acids is 2. The third-order valence-corrected chi connectivity index (χ3v) is 6.48. The number of ether oxygens (including phenoxy) is 1. The molecule has 1 amide bonds. The van der Waals surface area contributed by atoms with Crippen molar-refractivity contribution in [3.05, 3.63) is 24.3 Å². The maximum absolute atomic E-state index is 12.3. The lowest BCUT2D eigenvalue weighted by Gasteiger charge is -2.17. The Morgan fingerprint density at radius 2 is 1.42 bits per heavy atom. The van der Waals surface area contributed by atoms with Gasteiger partial charge in [-0.3, -0.25) is 9.59 Å². The van der Waals surface area contributed by atoms with Gasteiger partial charge in [-0.05, 0) is 77.2 Å². The number of nitrogens with two attached hydrogens (primary N) is 1. The van der Waals surface area contributed by atoms with Crippen molar-refractivity contribution < 1.29 is 24.2 Å². The summed E-state index contributed by atoms with van der Waals surface area (Å²) in [5, 5.41) is 11.8. The Morgan fingerprint density at radius 1 is 0.763 bits per heavy atom. The molecule has 7 nitrogen and oxygen atoms in total. The van der Waals surface area contributed by atoms with Crippen molar-refractivity contribution >= 4 is 17.8 Å². The molecule has 2 atom stereocenters. The standard InChI is InChI=1S/C31H56N2O5/c1-3-5-6-7-8-9-10-11-12-13-14-15-19-25-30(35)38-27(21-4-2)22-17-16-18-24-29(34)33-28(31(36)37)23-20-26-32/h6-7,9-10,27-28H,3-5,8,11-26,32H2,1-2H3,(H,33,34)(H,36,37)/b7-6-,10-9-. The first kappa shape index (κ1) is 35.9. The molecule has 0 saturated heterocycles. The minimum Gasteiger partial charge on any atom is -0.480 e. The van der Waals surface area contributed by atoms with E-state index >= 15 is 0 Å². The van der Waals surface area contributed by atoms with Crippen LogP contribution in [0.1, 0.15) is 136 Å². The van der Waals surface area contributed by atoms with E-state index < -0.39 is 12.0 Å². The van der Waals surface area contributed by atoms with Crippen molar-refractivity contribution in [3.63, 3.8) is 0 Å². The van der Waals surface area contributed by atoms with Crippen molar-refractivity contribution in [1.82, 2.24) is 5.32 Å². The number of carbonyl (C=O) groups is 3. The number of nitrogens with one attached hydrogen (secondary N) is 1. The number of allylic oxidation sites excluding steroid dienone is 4. The van der Waals surface area contributed by atoms with E-state index in [0.717, 1.165) is 70.6 Å². The van der Waals surface area contributed by atoms with Crippen LogP contribution in [0, 0.1) is 0 Å². The molecule has 0 aliphatic rings. The SMILES string of the molecule is CCC/C=C\C/C=C\CCCCCCCC(=O)OC(CCC)CCCCCC(=O)NC(CCCN)C(=O)O. The normalized spacial score (nSPS) is 13.1. The first-order chi connectivity index (χ1) is 18.4. The van der Waals surface area contributed by atoms with E-state index in [1.165, 1.54) is 19.3 Å². The van der Waals surface area contributed by atoms with Gasteiger partial charge in [-0.2, -0.15) is 0 Å². The largest absolute Gasteiger partial charge is 0.480 e. The molecule has 220 valence electrons. The van der Waals surface area contributed by atoms with E-state index in [9.17, 15) is 19.5 Å². The molecule has 0 bridgehead atoms. The number of rotatable bonds is 26. The second-order valence-corrected chi connectivity index (χ2v) is 10.2. The molecular formula is C31H56N2O5. The maximum Gasteiger partial charge on any atom is 0.326 e. The van der Waals surface area contributed by atoms with E-state index in [1.807, 2.05) is 0 Å². The van der Waals surface area contributed by atoms with Gasteiger partial charge in [0.15, 0.2) is 0 Å². The summed E-state index contributed by atoms with van der Waals surface area (Å²) in [4.78, 5) is 35.6. The van der Waals surface area contributed by atoms with E-state index in [1.54, 1.807) is 0 Å². The molecule has 2 unspecified atom stereocenters. The van der Waals surface area contributed by atoms with Gasteiger partial charge < -0.3 is 20.9 Å². The van der Waals surface area contributed by atoms with Crippen LogP contribution in [0.2, 0.25) is 0 Å². The van der Waals surface area contributed by atoms with Gasteiger partial charge in [-0.15, -0.1) is 0 Å². The summed E-state index contributed by atoms with van der Waals surface area (Å²) in [6, 6.07) is -0.871. The number of hydrogen-bond donors (Lipinski definition) is 3. The van der Waals surface area contributed by atoms with E-state index in [2.05, 4.69) is 43.5 Å². The van der Waals surface area contributed by atoms with E-state index in [0.29, 0.717) is 38.6 Å². The Bertz CT molecular complexity index is 663. The molecular weight excluding hydrogens is 480 g/mol. The summed E-state index contributed by atoms with van der Waals surface area (Å²) in [5.41, 5.74) is 5.43. The zero-order valence-electron chi connectivity index (χ0n) is 24.3. The summed E-state index contributed by atoms with van der Waals surface area (Å²) in [6.07, 6.45) is 25.7. The molecule has 4 N–H and O–H groups in total. The number of carboxylic acid groups (broad SMARTS) is 1. The van der Waals surface area contributed by atoms with Crippen molar-refractivity contribution in [2.45, 2.75) is 148 Å². The number of amides is 1. The lowest BCUT2D eigenvalue weighted by atomic mass is 10.0. The van der Waals surface area contributed by atoms with Crippen LogP contribution in [0.15, 0.2) is 24.3 Å². The quantitative estimate of drug-likeness (QED) is 0.0623. The van der Waals surface area contributed by atoms with Gasteiger partial charge in [-0.25, -0.2) is 4.79 Å². The topological polar surface area (TPSA) is 119 Å². The molecule has 0 aliphatic carbocycles. The highest BCUT2D eigenvalue weighted by Gasteiger charge is 2.19. The molecule has 0 saturated carbocycles. The zero-order chi connectivity index (χ0) is 28.3. The predicted octanol–water partition coefficient (Wildman–Crippen LogP) is 6.99. The monoisotopic (exact) mass is 536 g/mol. The molecule has 7 heteroatoms. The molecule has 38 heavy (non-hydrogen) atoms. The highest BCUT2D eigenvalue weighted by Crippen LogP contribution is 2.15. The Labute approximate surface area is 232 Å². The second kappa shape index (κ2) is 26.5. The number of hydrogen-bond acceptors (Lipinski definition) is 5. The third kappa shape index (κ3) is 23.0. The molecule has 0 aliphatic heterocycles. The van der Waals surface area contributed by atoms with Crippen LogP contribution in [0.5, 0.6) is 0 Å². The number of carboxylic acids is 1. The van der Waals surface area contributed by atoms with Gasteiger partial charge in [0.2, 0.25) is 5.91 Å². The summed E-state index contributed by atoms with van der Waals surface area (Å²) < 4.78 is 5.73. The van der Waals surface area contributed by atoms with E-state index in [4.69, 9.17) is 10.5 Å². The summed E-state index contributed by atoms with van der Waals surface area (Å²) >= 11 is 0. The second-order valence-electron chi connectivity index (χ2n) is 10.2. The number of aliphatic carboxylic acids is 1. The van der Waals surface area contributed by atoms with E-state index in [-0.39, 0.29) is 18.0 Å². The van der Waals surface area contributed by atoms with Crippen LogP contribution in [-0.2, 0) is 19.1 Å². The van der Waals surface area contributed by atoms with Gasteiger partial charge in [-0.1, -0.05) is 76.7 Å². The van der Waals surface area contributed by atoms with Crippen LogP contribution in [-0.4, -0.2) is 41.6 Å². The molecule has 0 heterocycles. The zero-order valence-corrected chi connectivity index (χ0v) is 24.3. The molecule has 0 radical (unpaired) electrons.